The zero-order chi connectivity index (χ0) is 19.6. The third-order valence-corrected chi connectivity index (χ3v) is 5.93. The van der Waals surface area contributed by atoms with Crippen molar-refractivity contribution < 1.29 is 9.53 Å². The molecule has 1 unspecified atom stereocenters. The second kappa shape index (κ2) is 5.96. The second-order valence-corrected chi connectivity index (χ2v) is 8.13. The topological polar surface area (TPSA) is 31.2 Å². The van der Waals surface area contributed by atoms with Crippen molar-refractivity contribution in [3.8, 4) is 5.75 Å². The van der Waals surface area contributed by atoms with Gasteiger partial charge in [-0.3, -0.25) is 4.79 Å². The van der Waals surface area contributed by atoms with Crippen LogP contribution in [0.1, 0.15) is 47.9 Å². The van der Waals surface area contributed by atoms with Crippen LogP contribution in [-0.4, -0.2) is 10.5 Å². The Labute approximate surface area is 164 Å². The van der Waals surface area contributed by atoms with E-state index in [-0.39, 0.29) is 11.9 Å². The van der Waals surface area contributed by atoms with Crippen molar-refractivity contribution in [2.45, 2.75) is 32.6 Å². The number of nitrogens with zero attached hydrogens (tertiary/aromatic N) is 1. The van der Waals surface area contributed by atoms with Crippen LogP contribution >= 0.6 is 0 Å². The van der Waals surface area contributed by atoms with Crippen molar-refractivity contribution >= 4 is 27.8 Å². The molecule has 0 aliphatic carbocycles. The number of aromatic nitrogens is 1. The standard InChI is InChI=1S/C25H23NO2/c1-14(2)18-11-15(3)12-20-23(25(27)28-24(18)20)16-9-10-22-19(13-16)17-7-5-6-8-21(17)26(22)4/h5-14,23H,1-4H3. The Morgan fingerprint density at radius 2 is 1.71 bits per heavy atom. The van der Waals surface area contributed by atoms with Crippen LogP contribution in [0.5, 0.6) is 5.75 Å². The van der Waals surface area contributed by atoms with Gasteiger partial charge in [-0.1, -0.05) is 55.8 Å². The quantitative estimate of drug-likeness (QED) is 0.330. The summed E-state index contributed by atoms with van der Waals surface area (Å²) in [5.41, 5.74) is 6.63. The van der Waals surface area contributed by atoms with Gasteiger partial charge >= 0.3 is 5.97 Å². The molecule has 140 valence electrons. The number of hydrogen-bond donors (Lipinski definition) is 0. The summed E-state index contributed by atoms with van der Waals surface area (Å²) in [4.78, 5) is 12.9. The van der Waals surface area contributed by atoms with E-state index in [0.29, 0.717) is 5.92 Å². The molecule has 28 heavy (non-hydrogen) atoms. The molecule has 3 aromatic carbocycles. The molecule has 4 aromatic rings. The van der Waals surface area contributed by atoms with Crippen molar-refractivity contribution in [1.29, 1.82) is 0 Å². The molecule has 0 amide bonds. The molecule has 0 radical (unpaired) electrons. The zero-order valence-corrected chi connectivity index (χ0v) is 16.6. The van der Waals surface area contributed by atoms with E-state index in [1.54, 1.807) is 0 Å². The number of esters is 1. The number of hydrogen-bond acceptors (Lipinski definition) is 2. The molecule has 0 bridgehead atoms. The smallest absolute Gasteiger partial charge is 0.323 e. The van der Waals surface area contributed by atoms with E-state index in [1.165, 1.54) is 21.8 Å². The first-order chi connectivity index (χ1) is 13.5. The number of benzene rings is 3. The zero-order valence-electron chi connectivity index (χ0n) is 16.6. The highest BCUT2D eigenvalue weighted by atomic mass is 16.5. The van der Waals surface area contributed by atoms with Gasteiger partial charge in [-0.15, -0.1) is 0 Å². The summed E-state index contributed by atoms with van der Waals surface area (Å²) in [7, 11) is 2.09. The van der Waals surface area contributed by atoms with Gasteiger partial charge in [0.05, 0.1) is 0 Å². The molecule has 0 fully saturated rings. The average molecular weight is 369 g/mol. The fourth-order valence-corrected chi connectivity index (χ4v) is 4.56. The molecule has 1 aromatic heterocycles. The largest absolute Gasteiger partial charge is 0.425 e. The van der Waals surface area contributed by atoms with Crippen LogP contribution in [0, 0.1) is 6.92 Å². The lowest BCUT2D eigenvalue weighted by Gasteiger charge is -2.13. The Hall–Kier alpha value is -3.07. The van der Waals surface area contributed by atoms with E-state index < -0.39 is 0 Å². The summed E-state index contributed by atoms with van der Waals surface area (Å²) in [6, 6.07) is 19.0. The van der Waals surface area contributed by atoms with Gasteiger partial charge < -0.3 is 9.30 Å². The van der Waals surface area contributed by atoms with Crippen LogP contribution < -0.4 is 4.74 Å². The van der Waals surface area contributed by atoms with E-state index in [0.717, 1.165) is 28.0 Å². The predicted molar refractivity (Wildman–Crippen MR) is 113 cm³/mol. The number of aryl methyl sites for hydroxylation is 2. The second-order valence-electron chi connectivity index (χ2n) is 8.13. The summed E-state index contributed by atoms with van der Waals surface area (Å²) in [6.07, 6.45) is 0. The maximum absolute atomic E-state index is 12.9. The Kier molecular flexibility index (Phi) is 3.63. The van der Waals surface area contributed by atoms with Crippen molar-refractivity contribution in [1.82, 2.24) is 4.57 Å². The molecule has 0 N–H and O–H groups in total. The van der Waals surface area contributed by atoms with E-state index >= 15 is 0 Å². The van der Waals surface area contributed by atoms with Crippen LogP contribution in [0.2, 0.25) is 0 Å². The maximum Gasteiger partial charge on any atom is 0.323 e. The lowest BCUT2D eigenvalue weighted by atomic mass is 9.88. The Bertz CT molecular complexity index is 1260. The third-order valence-electron chi connectivity index (χ3n) is 5.93. The molecular formula is C25H23NO2. The molecule has 3 nitrogen and oxygen atoms in total. The van der Waals surface area contributed by atoms with Crippen molar-refractivity contribution in [2.24, 2.45) is 7.05 Å². The molecule has 3 heteroatoms. The Morgan fingerprint density at radius 1 is 0.964 bits per heavy atom. The van der Waals surface area contributed by atoms with Crippen LogP contribution in [0.3, 0.4) is 0 Å². The summed E-state index contributed by atoms with van der Waals surface area (Å²) >= 11 is 0. The first-order valence-corrected chi connectivity index (χ1v) is 9.79. The van der Waals surface area contributed by atoms with Crippen molar-refractivity contribution in [3.05, 3.63) is 76.9 Å². The van der Waals surface area contributed by atoms with Gasteiger partial charge in [0, 0.05) is 34.4 Å². The van der Waals surface area contributed by atoms with E-state index in [9.17, 15) is 4.79 Å². The fraction of sp³-hybridized carbons (Fsp3) is 0.240. The normalized spacial score (nSPS) is 16.2. The predicted octanol–water partition coefficient (Wildman–Crippen LogP) is 5.81. The summed E-state index contributed by atoms with van der Waals surface area (Å²) in [6.45, 7) is 6.36. The van der Waals surface area contributed by atoms with Crippen molar-refractivity contribution in [3.63, 3.8) is 0 Å². The molecule has 0 spiro atoms. The average Bonchev–Trinajstić information content (AvgIpc) is 3.15. The summed E-state index contributed by atoms with van der Waals surface area (Å²) in [5, 5.41) is 2.38. The van der Waals surface area contributed by atoms with Crippen LogP contribution in [0.25, 0.3) is 21.8 Å². The Morgan fingerprint density at radius 3 is 2.50 bits per heavy atom. The molecule has 2 heterocycles. The van der Waals surface area contributed by atoms with Gasteiger partial charge in [-0.25, -0.2) is 0 Å². The highest BCUT2D eigenvalue weighted by molar-refractivity contribution is 6.08. The van der Waals surface area contributed by atoms with Gasteiger partial charge in [0.25, 0.3) is 0 Å². The van der Waals surface area contributed by atoms with Gasteiger partial charge in [0.2, 0.25) is 0 Å². The molecule has 1 aliphatic rings. The first kappa shape index (κ1) is 17.1. The van der Waals surface area contributed by atoms with E-state index in [2.05, 4.69) is 87.0 Å². The Balaban J connectivity index is 1.74. The number of carbonyl (C=O) groups is 1. The SMILES string of the molecule is Cc1cc(C(C)C)c2c(c1)C(c1ccc3c(c1)c1ccccc1n3C)C(=O)O2. The van der Waals surface area contributed by atoms with Crippen LogP contribution in [0.4, 0.5) is 0 Å². The van der Waals surface area contributed by atoms with Crippen molar-refractivity contribution in [2.75, 3.05) is 0 Å². The minimum atomic E-state index is -0.365. The highest BCUT2D eigenvalue weighted by Gasteiger charge is 2.37. The molecule has 0 saturated carbocycles. The molecule has 5 rings (SSSR count). The summed E-state index contributed by atoms with van der Waals surface area (Å²) < 4.78 is 7.99. The highest BCUT2D eigenvalue weighted by Crippen LogP contribution is 2.45. The van der Waals surface area contributed by atoms with Crippen LogP contribution in [0.15, 0.2) is 54.6 Å². The number of fused-ring (bicyclic) bond motifs is 4. The molecular weight excluding hydrogens is 346 g/mol. The lowest BCUT2D eigenvalue weighted by molar-refractivity contribution is -0.133. The first-order valence-electron chi connectivity index (χ1n) is 9.79. The molecule has 1 aliphatic heterocycles. The third kappa shape index (κ3) is 2.32. The number of carbonyl (C=O) groups excluding carboxylic acids is 1. The summed E-state index contributed by atoms with van der Waals surface area (Å²) in [5.74, 6) is 0.521. The van der Waals surface area contributed by atoms with E-state index in [1.807, 2.05) is 0 Å². The molecule has 1 atom stereocenters. The number of para-hydroxylation sites is 1. The molecule has 0 saturated heterocycles. The van der Waals surface area contributed by atoms with Gasteiger partial charge in [-0.2, -0.15) is 0 Å². The number of ether oxygens (including phenoxy) is 1. The van der Waals surface area contributed by atoms with Crippen LogP contribution in [-0.2, 0) is 11.8 Å². The maximum atomic E-state index is 12.9. The number of rotatable bonds is 2. The fourth-order valence-electron chi connectivity index (χ4n) is 4.56. The van der Waals surface area contributed by atoms with E-state index in [4.69, 9.17) is 4.74 Å². The van der Waals surface area contributed by atoms with Gasteiger partial charge in [0.15, 0.2) is 0 Å². The van der Waals surface area contributed by atoms with Gasteiger partial charge in [-0.05, 0) is 42.2 Å². The minimum Gasteiger partial charge on any atom is -0.425 e. The lowest BCUT2D eigenvalue weighted by Crippen LogP contribution is -2.11. The minimum absolute atomic E-state index is 0.179. The monoisotopic (exact) mass is 369 g/mol. The van der Waals surface area contributed by atoms with Gasteiger partial charge in [0.1, 0.15) is 11.7 Å².